The van der Waals surface area contributed by atoms with Gasteiger partial charge in [0.25, 0.3) is 0 Å². The van der Waals surface area contributed by atoms with Crippen molar-refractivity contribution < 1.29 is 4.39 Å². The first-order chi connectivity index (χ1) is 11.3. The Morgan fingerprint density at radius 1 is 1.00 bits per heavy atom. The lowest BCUT2D eigenvalue weighted by Gasteiger charge is -2.36. The molecule has 2 heterocycles. The van der Waals surface area contributed by atoms with E-state index in [0.29, 0.717) is 12.0 Å². The molecular formula is C19H22FN3. The first kappa shape index (κ1) is 14.5. The van der Waals surface area contributed by atoms with Crippen molar-refractivity contribution in [2.75, 3.05) is 37.6 Å². The summed E-state index contributed by atoms with van der Waals surface area (Å²) in [7, 11) is 0. The van der Waals surface area contributed by atoms with E-state index in [-0.39, 0.29) is 5.82 Å². The van der Waals surface area contributed by atoms with E-state index in [4.69, 9.17) is 0 Å². The second kappa shape index (κ2) is 6.20. The number of hydrogen-bond acceptors (Lipinski definition) is 3. The molecule has 0 saturated carbocycles. The minimum atomic E-state index is -0.169. The van der Waals surface area contributed by atoms with Crippen LogP contribution >= 0.6 is 0 Å². The zero-order valence-corrected chi connectivity index (χ0v) is 13.2. The highest BCUT2D eigenvalue weighted by atomic mass is 19.1. The summed E-state index contributed by atoms with van der Waals surface area (Å²) in [6.07, 6.45) is 11.0. The van der Waals surface area contributed by atoms with Crippen LogP contribution in [0.4, 0.5) is 10.1 Å². The average molecular weight is 311 g/mol. The molecule has 1 fully saturated rings. The molecule has 1 aromatic carbocycles. The molecule has 120 valence electrons. The van der Waals surface area contributed by atoms with Gasteiger partial charge in [-0.15, -0.1) is 0 Å². The molecule has 2 aliphatic heterocycles. The summed E-state index contributed by atoms with van der Waals surface area (Å²) in [5.74, 6) is 0.340. The maximum atomic E-state index is 13.0. The number of fused-ring (bicyclic) bond motifs is 1. The molecule has 2 unspecified atom stereocenters. The van der Waals surface area contributed by atoms with Gasteiger partial charge >= 0.3 is 0 Å². The van der Waals surface area contributed by atoms with E-state index in [1.165, 1.54) is 5.57 Å². The number of halogens is 1. The Labute approximate surface area is 136 Å². The van der Waals surface area contributed by atoms with Crippen LogP contribution < -0.4 is 10.2 Å². The Morgan fingerprint density at radius 3 is 2.52 bits per heavy atom. The van der Waals surface area contributed by atoms with E-state index in [1.54, 1.807) is 12.1 Å². The summed E-state index contributed by atoms with van der Waals surface area (Å²) in [5, 5.41) is 3.47. The van der Waals surface area contributed by atoms with Crippen molar-refractivity contribution in [1.29, 1.82) is 0 Å². The lowest BCUT2D eigenvalue weighted by Crippen LogP contribution is -2.47. The number of rotatable bonds is 3. The number of hydrogen-bond donors (Lipinski definition) is 1. The first-order valence-corrected chi connectivity index (χ1v) is 8.32. The van der Waals surface area contributed by atoms with Crippen LogP contribution in [0.5, 0.6) is 0 Å². The number of anilines is 1. The minimum absolute atomic E-state index is 0.169. The summed E-state index contributed by atoms with van der Waals surface area (Å²) in [5.41, 5.74) is 2.60. The van der Waals surface area contributed by atoms with Gasteiger partial charge < -0.3 is 10.2 Å². The molecule has 3 nitrogen and oxygen atoms in total. The minimum Gasteiger partial charge on any atom is -0.384 e. The Hall–Kier alpha value is -2.07. The summed E-state index contributed by atoms with van der Waals surface area (Å²) < 4.78 is 13.0. The second-order valence-electron chi connectivity index (χ2n) is 6.45. The van der Waals surface area contributed by atoms with Crippen molar-refractivity contribution in [1.82, 2.24) is 10.2 Å². The van der Waals surface area contributed by atoms with Crippen LogP contribution in [0.1, 0.15) is 0 Å². The predicted molar refractivity (Wildman–Crippen MR) is 91.8 cm³/mol. The molecule has 0 radical (unpaired) electrons. The molecule has 1 aromatic rings. The summed E-state index contributed by atoms with van der Waals surface area (Å²) in [4.78, 5) is 4.85. The molecule has 0 bridgehead atoms. The fraction of sp³-hybridized carbons (Fsp3) is 0.368. The number of piperazine rings is 1. The molecule has 4 heteroatoms. The lowest BCUT2D eigenvalue weighted by molar-refractivity contribution is 0.273. The van der Waals surface area contributed by atoms with Gasteiger partial charge in [-0.2, -0.15) is 0 Å². The summed E-state index contributed by atoms with van der Waals surface area (Å²) in [6, 6.07) is 7.27. The van der Waals surface area contributed by atoms with Crippen LogP contribution in [0.15, 0.2) is 60.3 Å². The van der Waals surface area contributed by atoms with Crippen LogP contribution in [0.25, 0.3) is 0 Å². The van der Waals surface area contributed by atoms with Crippen LogP contribution in [0.3, 0.4) is 0 Å². The molecule has 0 amide bonds. The van der Waals surface area contributed by atoms with Crippen molar-refractivity contribution in [3.63, 3.8) is 0 Å². The molecular weight excluding hydrogens is 289 g/mol. The van der Waals surface area contributed by atoms with Gasteiger partial charge in [-0.3, -0.25) is 4.90 Å². The van der Waals surface area contributed by atoms with Crippen molar-refractivity contribution in [3.05, 3.63) is 66.2 Å². The normalized spacial score (nSPS) is 26.8. The fourth-order valence-electron chi connectivity index (χ4n) is 3.65. The highest BCUT2D eigenvalue weighted by Crippen LogP contribution is 2.27. The maximum absolute atomic E-state index is 13.0. The smallest absolute Gasteiger partial charge is 0.123 e. The zero-order chi connectivity index (χ0) is 15.6. The summed E-state index contributed by atoms with van der Waals surface area (Å²) in [6.45, 7) is 5.12. The molecule has 3 aliphatic rings. The standard InChI is InChI=1S/C19H22FN3/c20-16-5-7-17(8-6-16)23-11-9-22(10-12-23)14-15-13-21-19-4-2-1-3-18(15)19/h1-8,13,18-19,21H,9-12,14H2. The molecule has 0 aromatic heterocycles. The number of nitrogens with zero attached hydrogens (tertiary/aromatic N) is 2. The summed E-state index contributed by atoms with van der Waals surface area (Å²) >= 11 is 0. The van der Waals surface area contributed by atoms with Crippen molar-refractivity contribution in [2.45, 2.75) is 6.04 Å². The Bertz CT molecular complexity index is 639. The molecule has 23 heavy (non-hydrogen) atoms. The van der Waals surface area contributed by atoms with E-state index < -0.39 is 0 Å². The quantitative estimate of drug-likeness (QED) is 0.925. The topological polar surface area (TPSA) is 18.5 Å². The third kappa shape index (κ3) is 3.04. The Kier molecular flexibility index (Phi) is 3.92. The highest BCUT2D eigenvalue weighted by Gasteiger charge is 2.28. The number of nitrogens with one attached hydrogen (secondary N) is 1. The lowest BCUT2D eigenvalue weighted by atomic mass is 9.91. The Morgan fingerprint density at radius 2 is 1.74 bits per heavy atom. The van der Waals surface area contributed by atoms with Crippen molar-refractivity contribution >= 4 is 5.69 Å². The van der Waals surface area contributed by atoms with Crippen LogP contribution in [0, 0.1) is 11.7 Å². The van der Waals surface area contributed by atoms with Crippen molar-refractivity contribution in [2.24, 2.45) is 5.92 Å². The van der Waals surface area contributed by atoms with Gasteiger partial charge in [-0.25, -0.2) is 4.39 Å². The molecule has 4 rings (SSSR count). The van der Waals surface area contributed by atoms with Gasteiger partial charge in [0.1, 0.15) is 5.82 Å². The number of allylic oxidation sites excluding steroid dienone is 2. The van der Waals surface area contributed by atoms with E-state index in [2.05, 4.69) is 45.6 Å². The predicted octanol–water partition coefficient (Wildman–Crippen LogP) is 2.55. The van der Waals surface area contributed by atoms with Gasteiger partial charge in [0.05, 0.1) is 6.04 Å². The van der Waals surface area contributed by atoms with E-state index in [1.807, 2.05) is 12.1 Å². The first-order valence-electron chi connectivity index (χ1n) is 8.32. The maximum Gasteiger partial charge on any atom is 0.123 e. The molecule has 1 N–H and O–H groups in total. The van der Waals surface area contributed by atoms with Crippen LogP contribution in [0.2, 0.25) is 0 Å². The molecule has 1 saturated heterocycles. The van der Waals surface area contributed by atoms with Gasteiger partial charge in [0.2, 0.25) is 0 Å². The van der Waals surface area contributed by atoms with Crippen LogP contribution in [-0.4, -0.2) is 43.7 Å². The SMILES string of the molecule is Fc1ccc(N2CCN(CC3=CNC4C=CC=CC34)CC2)cc1. The van der Waals surface area contributed by atoms with Crippen molar-refractivity contribution in [3.8, 4) is 0 Å². The zero-order valence-electron chi connectivity index (χ0n) is 13.2. The van der Waals surface area contributed by atoms with Gasteiger partial charge in [-0.05, 0) is 36.0 Å². The van der Waals surface area contributed by atoms with E-state index in [0.717, 1.165) is 38.4 Å². The van der Waals surface area contributed by atoms with Gasteiger partial charge in [0, 0.05) is 44.3 Å². The monoisotopic (exact) mass is 311 g/mol. The average Bonchev–Trinajstić information content (AvgIpc) is 3.00. The van der Waals surface area contributed by atoms with Crippen LogP contribution in [-0.2, 0) is 0 Å². The number of benzene rings is 1. The molecule has 0 spiro atoms. The second-order valence-corrected chi connectivity index (χ2v) is 6.45. The van der Waals surface area contributed by atoms with Gasteiger partial charge in [0.15, 0.2) is 0 Å². The van der Waals surface area contributed by atoms with E-state index in [9.17, 15) is 4.39 Å². The third-order valence-electron chi connectivity index (χ3n) is 4.99. The largest absolute Gasteiger partial charge is 0.384 e. The highest BCUT2D eigenvalue weighted by molar-refractivity contribution is 5.46. The fourth-order valence-corrected chi connectivity index (χ4v) is 3.65. The molecule has 1 aliphatic carbocycles. The molecule has 2 atom stereocenters. The van der Waals surface area contributed by atoms with Gasteiger partial charge in [-0.1, -0.05) is 24.3 Å². The van der Waals surface area contributed by atoms with E-state index >= 15 is 0 Å². The Balaban J connectivity index is 1.33. The third-order valence-corrected chi connectivity index (χ3v) is 4.99.